The molecule has 0 atom stereocenters. The molecule has 0 amide bonds. The van der Waals surface area contributed by atoms with E-state index in [1.165, 1.54) is 6.07 Å². The smallest absolute Gasteiger partial charge is 0.341 e. The summed E-state index contributed by atoms with van der Waals surface area (Å²) in [6.45, 7) is 2.00. The van der Waals surface area contributed by atoms with Crippen LogP contribution in [0, 0.1) is 0 Å². The molecule has 0 bridgehead atoms. The summed E-state index contributed by atoms with van der Waals surface area (Å²) in [6.07, 6.45) is 1.63. The number of aromatic nitrogens is 3. The van der Waals surface area contributed by atoms with Gasteiger partial charge in [0, 0.05) is 6.20 Å². The molecule has 0 saturated carbocycles. The first-order valence-corrected chi connectivity index (χ1v) is 5.72. The average molecular weight is 264 g/mol. The normalized spacial score (nSPS) is 10.1. The topological polar surface area (TPSA) is 65.0 Å². The molecular formula is C12H10ClN3O2. The van der Waals surface area contributed by atoms with Gasteiger partial charge in [-0.25, -0.2) is 4.79 Å². The van der Waals surface area contributed by atoms with E-state index in [0.717, 1.165) is 0 Å². The van der Waals surface area contributed by atoms with Crippen molar-refractivity contribution in [3.05, 3.63) is 41.2 Å². The van der Waals surface area contributed by atoms with E-state index in [0.29, 0.717) is 11.4 Å². The van der Waals surface area contributed by atoms with Crippen LogP contribution < -0.4 is 0 Å². The Bertz CT molecular complexity index is 561. The van der Waals surface area contributed by atoms with E-state index in [2.05, 4.69) is 15.2 Å². The van der Waals surface area contributed by atoms with Crippen LogP contribution in [0.15, 0.2) is 30.5 Å². The highest BCUT2D eigenvalue weighted by atomic mass is 35.5. The van der Waals surface area contributed by atoms with E-state index in [1.54, 1.807) is 25.3 Å². The van der Waals surface area contributed by atoms with Crippen LogP contribution in [0.4, 0.5) is 0 Å². The first-order chi connectivity index (χ1) is 8.72. The van der Waals surface area contributed by atoms with Gasteiger partial charge in [-0.15, -0.1) is 10.2 Å². The standard InChI is InChI=1S/C12H10ClN3O2/c1-2-18-12(17)8-7-10(15-16-11(8)13)9-5-3-4-6-14-9/h3-7H,2H2,1H3. The van der Waals surface area contributed by atoms with Gasteiger partial charge in [0.25, 0.3) is 0 Å². The molecule has 2 rings (SSSR count). The molecule has 6 heteroatoms. The maximum atomic E-state index is 11.7. The lowest BCUT2D eigenvalue weighted by molar-refractivity contribution is 0.0526. The second-order valence-corrected chi connectivity index (χ2v) is 3.73. The third-order valence-corrected chi connectivity index (χ3v) is 2.45. The van der Waals surface area contributed by atoms with Crippen molar-refractivity contribution in [1.82, 2.24) is 15.2 Å². The SMILES string of the molecule is CCOC(=O)c1cc(-c2ccccn2)nnc1Cl. The van der Waals surface area contributed by atoms with Gasteiger partial charge in [-0.05, 0) is 25.1 Å². The molecule has 18 heavy (non-hydrogen) atoms. The molecule has 0 saturated heterocycles. The summed E-state index contributed by atoms with van der Waals surface area (Å²) in [5.74, 6) is -0.519. The third kappa shape index (κ3) is 2.62. The fourth-order valence-electron chi connectivity index (χ4n) is 1.37. The molecule has 0 N–H and O–H groups in total. The summed E-state index contributed by atoms with van der Waals surface area (Å²) >= 11 is 5.82. The number of halogens is 1. The summed E-state index contributed by atoms with van der Waals surface area (Å²) in [4.78, 5) is 15.8. The van der Waals surface area contributed by atoms with Crippen molar-refractivity contribution in [3.8, 4) is 11.4 Å². The quantitative estimate of drug-likeness (QED) is 0.796. The van der Waals surface area contributed by atoms with Gasteiger partial charge in [-0.2, -0.15) is 0 Å². The molecule has 2 heterocycles. The molecule has 0 aliphatic carbocycles. The van der Waals surface area contributed by atoms with E-state index in [4.69, 9.17) is 16.3 Å². The molecular weight excluding hydrogens is 254 g/mol. The van der Waals surface area contributed by atoms with Gasteiger partial charge in [-0.1, -0.05) is 17.7 Å². The van der Waals surface area contributed by atoms with Gasteiger partial charge in [0.05, 0.1) is 12.3 Å². The van der Waals surface area contributed by atoms with Gasteiger partial charge < -0.3 is 4.74 Å². The number of hydrogen-bond acceptors (Lipinski definition) is 5. The molecule has 0 fully saturated rings. The molecule has 0 radical (unpaired) electrons. The summed E-state index contributed by atoms with van der Waals surface area (Å²) in [5, 5.41) is 7.65. The lowest BCUT2D eigenvalue weighted by Gasteiger charge is -2.04. The number of carbonyl (C=O) groups excluding carboxylic acids is 1. The monoisotopic (exact) mass is 263 g/mol. The van der Waals surface area contributed by atoms with Crippen LogP contribution in [-0.2, 0) is 4.74 Å². The average Bonchev–Trinajstić information content (AvgIpc) is 2.40. The second kappa shape index (κ2) is 5.55. The second-order valence-electron chi connectivity index (χ2n) is 3.37. The molecule has 0 aromatic carbocycles. The van der Waals surface area contributed by atoms with Gasteiger partial charge in [0.15, 0.2) is 5.15 Å². The van der Waals surface area contributed by atoms with E-state index < -0.39 is 5.97 Å². The minimum absolute atomic E-state index is 0.0214. The van der Waals surface area contributed by atoms with Crippen LogP contribution in [0.5, 0.6) is 0 Å². The van der Waals surface area contributed by atoms with Crippen molar-refractivity contribution in [3.63, 3.8) is 0 Å². The molecule has 2 aromatic heterocycles. The Morgan fingerprint density at radius 2 is 2.17 bits per heavy atom. The first kappa shape index (κ1) is 12.4. The van der Waals surface area contributed by atoms with Gasteiger partial charge >= 0.3 is 5.97 Å². The Labute approximate surface area is 109 Å². The van der Waals surface area contributed by atoms with Gasteiger partial charge in [0.2, 0.25) is 0 Å². The van der Waals surface area contributed by atoms with E-state index in [1.807, 2.05) is 6.07 Å². The number of esters is 1. The van der Waals surface area contributed by atoms with E-state index >= 15 is 0 Å². The van der Waals surface area contributed by atoms with Crippen LogP contribution in [0.25, 0.3) is 11.4 Å². The number of hydrogen-bond donors (Lipinski definition) is 0. The molecule has 0 aliphatic rings. The molecule has 2 aromatic rings. The highest BCUT2D eigenvalue weighted by Crippen LogP contribution is 2.19. The Morgan fingerprint density at radius 1 is 1.33 bits per heavy atom. The van der Waals surface area contributed by atoms with E-state index in [9.17, 15) is 4.79 Å². The summed E-state index contributed by atoms with van der Waals surface area (Å²) in [5.41, 5.74) is 1.28. The Morgan fingerprint density at radius 3 is 2.83 bits per heavy atom. The van der Waals surface area contributed by atoms with Crippen LogP contribution in [0.3, 0.4) is 0 Å². The molecule has 5 nitrogen and oxygen atoms in total. The molecule has 0 aliphatic heterocycles. The Kier molecular flexibility index (Phi) is 3.84. The Balaban J connectivity index is 2.41. The maximum Gasteiger partial charge on any atom is 0.341 e. The minimum Gasteiger partial charge on any atom is -0.462 e. The maximum absolute atomic E-state index is 11.7. The number of ether oxygens (including phenoxy) is 1. The van der Waals surface area contributed by atoms with Gasteiger partial charge in [-0.3, -0.25) is 4.98 Å². The zero-order valence-electron chi connectivity index (χ0n) is 9.63. The molecule has 0 spiro atoms. The highest BCUT2D eigenvalue weighted by molar-refractivity contribution is 6.32. The first-order valence-electron chi connectivity index (χ1n) is 5.34. The predicted octanol–water partition coefficient (Wildman–Crippen LogP) is 2.37. The summed E-state index contributed by atoms with van der Waals surface area (Å²) < 4.78 is 4.89. The molecule has 0 unspecified atom stereocenters. The van der Waals surface area contributed by atoms with Crippen LogP contribution >= 0.6 is 11.6 Å². The van der Waals surface area contributed by atoms with Crippen molar-refractivity contribution >= 4 is 17.6 Å². The van der Waals surface area contributed by atoms with Crippen LogP contribution in [0.1, 0.15) is 17.3 Å². The van der Waals surface area contributed by atoms with Crippen LogP contribution in [0.2, 0.25) is 5.15 Å². The number of carbonyl (C=O) groups is 1. The van der Waals surface area contributed by atoms with Crippen molar-refractivity contribution in [2.24, 2.45) is 0 Å². The van der Waals surface area contributed by atoms with Crippen molar-refractivity contribution < 1.29 is 9.53 Å². The largest absolute Gasteiger partial charge is 0.462 e. The lowest BCUT2D eigenvalue weighted by Crippen LogP contribution is -2.07. The minimum atomic E-state index is -0.519. The predicted molar refractivity (Wildman–Crippen MR) is 66.2 cm³/mol. The number of rotatable bonds is 3. The van der Waals surface area contributed by atoms with Crippen LogP contribution in [-0.4, -0.2) is 27.8 Å². The van der Waals surface area contributed by atoms with E-state index in [-0.39, 0.29) is 17.3 Å². The third-order valence-electron chi connectivity index (χ3n) is 2.17. The zero-order valence-corrected chi connectivity index (χ0v) is 10.4. The van der Waals surface area contributed by atoms with Gasteiger partial charge in [0.1, 0.15) is 11.3 Å². The fourth-order valence-corrected chi connectivity index (χ4v) is 1.54. The van der Waals surface area contributed by atoms with Crippen molar-refractivity contribution in [1.29, 1.82) is 0 Å². The molecule has 92 valence electrons. The zero-order chi connectivity index (χ0) is 13.0. The van der Waals surface area contributed by atoms with Crippen molar-refractivity contribution in [2.75, 3.05) is 6.61 Å². The highest BCUT2D eigenvalue weighted by Gasteiger charge is 2.15. The fraction of sp³-hybridized carbons (Fsp3) is 0.167. The number of pyridine rings is 1. The lowest BCUT2D eigenvalue weighted by atomic mass is 10.2. The van der Waals surface area contributed by atoms with Crippen molar-refractivity contribution in [2.45, 2.75) is 6.92 Å². The summed E-state index contributed by atoms with van der Waals surface area (Å²) in [6, 6.07) is 6.91. The summed E-state index contributed by atoms with van der Waals surface area (Å²) in [7, 11) is 0. The Hall–Kier alpha value is -2.01. The number of nitrogens with zero attached hydrogens (tertiary/aromatic N) is 3.